The van der Waals surface area contributed by atoms with E-state index in [-0.39, 0.29) is 24.3 Å². The number of carbonyl (C=O) groups is 2. The summed E-state index contributed by atoms with van der Waals surface area (Å²) in [6.45, 7) is 0.598. The number of rotatable bonds is 3. The molecule has 2 heterocycles. The maximum Gasteiger partial charge on any atom is 0.246 e. The maximum absolute atomic E-state index is 11.6. The summed E-state index contributed by atoms with van der Waals surface area (Å²) < 4.78 is 1.98. The summed E-state index contributed by atoms with van der Waals surface area (Å²) >= 11 is 0. The van der Waals surface area contributed by atoms with Gasteiger partial charge in [-0.05, 0) is 12.1 Å². The van der Waals surface area contributed by atoms with Gasteiger partial charge in [0.05, 0.1) is 12.5 Å². The molecule has 1 aromatic heterocycles. The Balaban J connectivity index is 1.95. The number of likely N-dealkylation sites (tertiary alicyclic amines) is 1. The van der Waals surface area contributed by atoms with Crippen LogP contribution in [-0.2, 0) is 23.2 Å². The molecule has 1 aromatic rings. The Morgan fingerprint density at radius 3 is 2.69 bits per heavy atom. The number of hydrogen-bond acceptors (Lipinski definition) is 3. The first-order chi connectivity index (χ1) is 7.59. The molecule has 2 rings (SSSR count). The predicted octanol–water partition coefficient (Wildman–Crippen LogP) is -0.128. The Kier molecular flexibility index (Phi) is 2.78. The average molecular weight is 221 g/mol. The first-order valence-corrected chi connectivity index (χ1v) is 5.23. The standard InChI is InChI=1S/C11H15N3O2/c1-13-5-3-4-8(13)7-12-9-6-10(15)14(2)11(9)16/h3-5,9,12H,6-7H2,1-2H3. The number of amides is 2. The number of carbonyl (C=O) groups excluding carboxylic acids is 2. The zero-order valence-electron chi connectivity index (χ0n) is 9.43. The van der Waals surface area contributed by atoms with Crippen molar-refractivity contribution >= 4 is 11.8 Å². The second-order valence-corrected chi connectivity index (χ2v) is 4.04. The number of hydrogen-bond donors (Lipinski definition) is 1. The highest BCUT2D eigenvalue weighted by Gasteiger charge is 2.35. The Labute approximate surface area is 94.0 Å². The molecule has 5 heteroatoms. The lowest BCUT2D eigenvalue weighted by Crippen LogP contribution is -2.37. The fourth-order valence-electron chi connectivity index (χ4n) is 1.82. The van der Waals surface area contributed by atoms with Crippen LogP contribution in [0.15, 0.2) is 18.3 Å². The number of imide groups is 1. The minimum Gasteiger partial charge on any atom is -0.353 e. The van der Waals surface area contributed by atoms with Crippen molar-refractivity contribution in [3.63, 3.8) is 0 Å². The molecule has 1 atom stereocenters. The van der Waals surface area contributed by atoms with E-state index < -0.39 is 0 Å². The third kappa shape index (κ3) is 1.86. The average Bonchev–Trinajstić information content (AvgIpc) is 2.76. The highest BCUT2D eigenvalue weighted by Crippen LogP contribution is 2.11. The molecule has 0 saturated carbocycles. The van der Waals surface area contributed by atoms with Gasteiger partial charge in [-0.25, -0.2) is 0 Å². The largest absolute Gasteiger partial charge is 0.353 e. The Morgan fingerprint density at radius 1 is 1.44 bits per heavy atom. The van der Waals surface area contributed by atoms with Crippen LogP contribution < -0.4 is 5.32 Å². The van der Waals surface area contributed by atoms with Gasteiger partial charge in [0.15, 0.2) is 0 Å². The van der Waals surface area contributed by atoms with Crippen LogP contribution in [0.1, 0.15) is 12.1 Å². The number of likely N-dealkylation sites (N-methyl/N-ethyl adjacent to an activating group) is 1. The van der Waals surface area contributed by atoms with E-state index in [1.54, 1.807) is 0 Å². The second-order valence-electron chi connectivity index (χ2n) is 4.04. The van der Waals surface area contributed by atoms with Gasteiger partial charge < -0.3 is 4.57 Å². The van der Waals surface area contributed by atoms with Gasteiger partial charge in [-0.15, -0.1) is 0 Å². The molecule has 1 aliphatic heterocycles. The van der Waals surface area contributed by atoms with Crippen LogP contribution in [0, 0.1) is 0 Å². The van der Waals surface area contributed by atoms with E-state index in [1.807, 2.05) is 29.9 Å². The van der Waals surface area contributed by atoms with E-state index in [4.69, 9.17) is 0 Å². The zero-order chi connectivity index (χ0) is 11.7. The van der Waals surface area contributed by atoms with Crippen LogP contribution in [0.25, 0.3) is 0 Å². The molecule has 16 heavy (non-hydrogen) atoms. The van der Waals surface area contributed by atoms with Crippen molar-refractivity contribution in [3.05, 3.63) is 24.0 Å². The van der Waals surface area contributed by atoms with Crippen molar-refractivity contribution in [2.75, 3.05) is 7.05 Å². The van der Waals surface area contributed by atoms with E-state index in [0.29, 0.717) is 6.54 Å². The molecule has 1 aliphatic rings. The number of aryl methyl sites for hydroxylation is 1. The lowest BCUT2D eigenvalue weighted by molar-refractivity contribution is -0.137. The Bertz CT molecular complexity index is 425. The van der Waals surface area contributed by atoms with Crippen LogP contribution in [-0.4, -0.2) is 34.4 Å². The summed E-state index contributed by atoms with van der Waals surface area (Å²) in [6, 6.07) is 3.57. The molecule has 1 unspecified atom stereocenters. The van der Waals surface area contributed by atoms with Gasteiger partial charge >= 0.3 is 0 Å². The summed E-state index contributed by atoms with van der Waals surface area (Å²) in [5.41, 5.74) is 1.09. The van der Waals surface area contributed by atoms with Gasteiger partial charge in [0, 0.05) is 32.5 Å². The summed E-state index contributed by atoms with van der Waals surface area (Å²) in [4.78, 5) is 24.1. The molecule has 0 radical (unpaired) electrons. The van der Waals surface area contributed by atoms with Gasteiger partial charge in [0.2, 0.25) is 11.8 Å². The van der Waals surface area contributed by atoms with Gasteiger partial charge in [0.25, 0.3) is 0 Å². The van der Waals surface area contributed by atoms with E-state index in [2.05, 4.69) is 5.32 Å². The van der Waals surface area contributed by atoms with E-state index in [1.165, 1.54) is 11.9 Å². The molecule has 5 nitrogen and oxygen atoms in total. The maximum atomic E-state index is 11.6. The zero-order valence-corrected chi connectivity index (χ0v) is 9.43. The highest BCUT2D eigenvalue weighted by molar-refractivity contribution is 6.05. The third-order valence-corrected chi connectivity index (χ3v) is 2.96. The fourth-order valence-corrected chi connectivity index (χ4v) is 1.82. The predicted molar refractivity (Wildman–Crippen MR) is 58.4 cm³/mol. The Hall–Kier alpha value is -1.62. The number of nitrogens with zero attached hydrogens (tertiary/aromatic N) is 2. The molecule has 1 fully saturated rings. The summed E-state index contributed by atoms with van der Waals surface area (Å²) in [5.74, 6) is -0.256. The molecule has 1 saturated heterocycles. The molecular weight excluding hydrogens is 206 g/mol. The van der Waals surface area contributed by atoms with Crippen molar-refractivity contribution in [3.8, 4) is 0 Å². The quantitative estimate of drug-likeness (QED) is 0.723. The monoisotopic (exact) mass is 221 g/mol. The van der Waals surface area contributed by atoms with Crippen molar-refractivity contribution in [2.45, 2.75) is 19.0 Å². The van der Waals surface area contributed by atoms with Gasteiger partial charge in [-0.1, -0.05) is 0 Å². The minimum absolute atomic E-state index is 0.116. The van der Waals surface area contributed by atoms with Crippen molar-refractivity contribution in [2.24, 2.45) is 7.05 Å². The molecule has 2 amide bonds. The van der Waals surface area contributed by atoms with Crippen LogP contribution in [0.5, 0.6) is 0 Å². The summed E-state index contributed by atoms with van der Waals surface area (Å²) in [5, 5.41) is 3.10. The van der Waals surface area contributed by atoms with Crippen LogP contribution in [0.4, 0.5) is 0 Å². The molecule has 0 aliphatic carbocycles. The smallest absolute Gasteiger partial charge is 0.246 e. The summed E-state index contributed by atoms with van der Waals surface area (Å²) in [7, 11) is 3.47. The number of aromatic nitrogens is 1. The SMILES string of the molecule is CN1C(=O)CC(NCc2cccn2C)C1=O. The number of nitrogens with one attached hydrogen (secondary N) is 1. The summed E-state index contributed by atoms with van der Waals surface area (Å²) in [6.07, 6.45) is 2.21. The van der Waals surface area contributed by atoms with E-state index in [0.717, 1.165) is 5.69 Å². The van der Waals surface area contributed by atoms with Crippen LogP contribution in [0.3, 0.4) is 0 Å². The van der Waals surface area contributed by atoms with Gasteiger partial charge in [0.1, 0.15) is 0 Å². The molecule has 0 aromatic carbocycles. The van der Waals surface area contributed by atoms with Crippen molar-refractivity contribution in [1.82, 2.24) is 14.8 Å². The molecule has 0 spiro atoms. The lowest BCUT2D eigenvalue weighted by Gasteiger charge is -2.11. The molecule has 1 N–H and O–H groups in total. The highest BCUT2D eigenvalue weighted by atomic mass is 16.2. The van der Waals surface area contributed by atoms with Crippen molar-refractivity contribution in [1.29, 1.82) is 0 Å². The van der Waals surface area contributed by atoms with Gasteiger partial charge in [-0.3, -0.25) is 19.8 Å². The van der Waals surface area contributed by atoms with Crippen LogP contribution in [0.2, 0.25) is 0 Å². The van der Waals surface area contributed by atoms with E-state index in [9.17, 15) is 9.59 Å². The third-order valence-electron chi connectivity index (χ3n) is 2.96. The Morgan fingerprint density at radius 2 is 2.19 bits per heavy atom. The van der Waals surface area contributed by atoms with Crippen molar-refractivity contribution < 1.29 is 9.59 Å². The second kappa shape index (κ2) is 4.09. The lowest BCUT2D eigenvalue weighted by atomic mass is 10.2. The first-order valence-electron chi connectivity index (χ1n) is 5.23. The molecule has 0 bridgehead atoms. The first kappa shape index (κ1) is 10.9. The molecule has 86 valence electrons. The minimum atomic E-state index is -0.368. The van der Waals surface area contributed by atoms with Gasteiger partial charge in [-0.2, -0.15) is 0 Å². The topological polar surface area (TPSA) is 54.3 Å². The normalized spacial score (nSPS) is 20.9. The molecular formula is C11H15N3O2. The van der Waals surface area contributed by atoms with E-state index >= 15 is 0 Å². The van der Waals surface area contributed by atoms with Crippen LogP contribution >= 0.6 is 0 Å². The fraction of sp³-hybridized carbons (Fsp3) is 0.455.